The molecule has 1 atom stereocenters. The van der Waals surface area contributed by atoms with Crippen molar-refractivity contribution in [2.24, 2.45) is 5.92 Å². The lowest BCUT2D eigenvalue weighted by molar-refractivity contribution is 0.0570. The van der Waals surface area contributed by atoms with Crippen molar-refractivity contribution in [3.8, 4) is 6.07 Å². The van der Waals surface area contributed by atoms with E-state index in [9.17, 15) is 0 Å². The predicted molar refractivity (Wildman–Crippen MR) is 85.0 cm³/mol. The molecule has 0 amide bonds. The Kier molecular flexibility index (Phi) is 5.01. The summed E-state index contributed by atoms with van der Waals surface area (Å²) in [5, 5.41) is 16.2. The second-order valence-electron chi connectivity index (χ2n) is 6.12. The van der Waals surface area contributed by atoms with Gasteiger partial charge in [-0.05, 0) is 18.8 Å². The van der Waals surface area contributed by atoms with Gasteiger partial charge in [-0.3, -0.25) is 0 Å². The van der Waals surface area contributed by atoms with Crippen molar-refractivity contribution in [1.82, 2.24) is 20.1 Å². The fraction of sp³-hybridized carbons (Fsp3) is 0.562. The highest BCUT2D eigenvalue weighted by atomic mass is 16.5. The summed E-state index contributed by atoms with van der Waals surface area (Å²) in [6, 6.07) is 1.80. The monoisotopic (exact) mass is 328 g/mol. The van der Waals surface area contributed by atoms with Crippen LogP contribution in [0.5, 0.6) is 0 Å². The number of hydrogen-bond donors (Lipinski definition) is 1. The number of hydrogen-bond acceptors (Lipinski definition) is 8. The molecule has 1 N–H and O–H groups in total. The van der Waals surface area contributed by atoms with Crippen LogP contribution in [0, 0.1) is 17.2 Å². The van der Waals surface area contributed by atoms with Crippen molar-refractivity contribution in [3.63, 3.8) is 0 Å². The maximum atomic E-state index is 8.83. The lowest BCUT2D eigenvalue weighted by atomic mass is 9.91. The van der Waals surface area contributed by atoms with Gasteiger partial charge in [0.25, 0.3) is 0 Å². The summed E-state index contributed by atoms with van der Waals surface area (Å²) in [4.78, 5) is 12.8. The van der Waals surface area contributed by atoms with Crippen LogP contribution in [0.25, 0.3) is 0 Å². The molecule has 24 heavy (non-hydrogen) atoms. The number of anilines is 1. The first-order chi connectivity index (χ1) is 11.7. The summed E-state index contributed by atoms with van der Waals surface area (Å²) in [6.07, 6.45) is 4.79. The number of rotatable bonds is 5. The first-order valence-electron chi connectivity index (χ1n) is 8.07. The molecule has 0 unspecified atom stereocenters. The minimum atomic E-state index is -0.156. The van der Waals surface area contributed by atoms with Gasteiger partial charge in [-0.25, -0.2) is 9.97 Å². The van der Waals surface area contributed by atoms with Crippen LogP contribution in [0.2, 0.25) is 0 Å². The van der Waals surface area contributed by atoms with Crippen LogP contribution in [-0.2, 0) is 4.74 Å². The maximum Gasteiger partial charge on any atom is 0.249 e. The van der Waals surface area contributed by atoms with Gasteiger partial charge in [-0.15, -0.1) is 0 Å². The van der Waals surface area contributed by atoms with Crippen LogP contribution in [0.4, 0.5) is 5.82 Å². The SMILES string of the molecule is CC(C)c1noc([C@@H](Nc2cnc(C#N)cn2)C2CCOCC2)n1. The molecule has 0 radical (unpaired) electrons. The van der Waals surface area contributed by atoms with Gasteiger partial charge in [0.1, 0.15) is 17.9 Å². The molecule has 126 valence electrons. The Morgan fingerprint density at radius 1 is 1.25 bits per heavy atom. The molecule has 1 aliphatic rings. The molecule has 0 spiro atoms. The lowest BCUT2D eigenvalue weighted by Gasteiger charge is -2.28. The fourth-order valence-corrected chi connectivity index (χ4v) is 2.66. The van der Waals surface area contributed by atoms with Gasteiger partial charge in [-0.2, -0.15) is 10.2 Å². The highest BCUT2D eigenvalue weighted by molar-refractivity contribution is 5.35. The van der Waals surface area contributed by atoms with Crippen LogP contribution in [-0.4, -0.2) is 33.3 Å². The molecule has 0 aliphatic carbocycles. The third kappa shape index (κ3) is 3.68. The molecule has 2 aromatic heterocycles. The Bertz CT molecular complexity index is 700. The summed E-state index contributed by atoms with van der Waals surface area (Å²) in [6.45, 7) is 5.48. The number of nitriles is 1. The Morgan fingerprint density at radius 2 is 2.04 bits per heavy atom. The van der Waals surface area contributed by atoms with E-state index in [1.165, 1.54) is 6.20 Å². The summed E-state index contributed by atoms with van der Waals surface area (Å²) < 4.78 is 10.9. The third-order valence-corrected chi connectivity index (χ3v) is 4.05. The van der Waals surface area contributed by atoms with Crippen molar-refractivity contribution in [1.29, 1.82) is 5.26 Å². The van der Waals surface area contributed by atoms with E-state index in [-0.39, 0.29) is 17.7 Å². The third-order valence-electron chi connectivity index (χ3n) is 4.05. The Morgan fingerprint density at radius 3 is 2.62 bits per heavy atom. The average Bonchev–Trinajstić information content (AvgIpc) is 3.11. The fourth-order valence-electron chi connectivity index (χ4n) is 2.66. The van der Waals surface area contributed by atoms with E-state index in [4.69, 9.17) is 14.5 Å². The molecule has 1 saturated heterocycles. The van der Waals surface area contributed by atoms with Crippen LogP contribution in [0.1, 0.15) is 56.1 Å². The molecule has 1 fully saturated rings. The standard InChI is InChI=1S/C16H20N6O2/c1-10(2)15-21-16(24-22-15)14(11-3-5-23-6-4-11)20-13-9-18-12(7-17)8-19-13/h8-11,14H,3-6H2,1-2H3,(H,19,20)/t14-/m0/s1. The van der Waals surface area contributed by atoms with Crippen molar-refractivity contribution in [2.45, 2.75) is 38.6 Å². The highest BCUT2D eigenvalue weighted by Gasteiger charge is 2.30. The smallest absolute Gasteiger partial charge is 0.249 e. The second-order valence-corrected chi connectivity index (χ2v) is 6.12. The van der Waals surface area contributed by atoms with Gasteiger partial charge in [0, 0.05) is 19.1 Å². The Labute approximate surface area is 140 Å². The zero-order valence-corrected chi connectivity index (χ0v) is 13.8. The first kappa shape index (κ1) is 16.3. The summed E-state index contributed by atoms with van der Waals surface area (Å²) in [5.74, 6) is 2.32. The molecule has 0 aromatic carbocycles. The minimum Gasteiger partial charge on any atom is -0.381 e. The topological polar surface area (TPSA) is 110 Å². The van der Waals surface area contributed by atoms with Crippen molar-refractivity contribution >= 4 is 5.82 Å². The minimum absolute atomic E-state index is 0.156. The van der Waals surface area contributed by atoms with Crippen LogP contribution in [0.3, 0.4) is 0 Å². The molecule has 3 heterocycles. The van der Waals surface area contributed by atoms with Gasteiger partial charge in [-0.1, -0.05) is 19.0 Å². The van der Waals surface area contributed by atoms with E-state index in [2.05, 4.69) is 25.4 Å². The van der Waals surface area contributed by atoms with E-state index >= 15 is 0 Å². The zero-order valence-electron chi connectivity index (χ0n) is 13.8. The normalized spacial score (nSPS) is 16.8. The van der Waals surface area contributed by atoms with E-state index < -0.39 is 0 Å². The van der Waals surface area contributed by atoms with Crippen molar-refractivity contribution in [2.75, 3.05) is 18.5 Å². The molecule has 8 heteroatoms. The molecule has 1 aliphatic heterocycles. The van der Waals surface area contributed by atoms with E-state index in [0.29, 0.717) is 36.7 Å². The van der Waals surface area contributed by atoms with Gasteiger partial charge < -0.3 is 14.6 Å². The van der Waals surface area contributed by atoms with Crippen molar-refractivity contribution < 1.29 is 9.26 Å². The Balaban J connectivity index is 1.84. The molecule has 0 bridgehead atoms. The largest absolute Gasteiger partial charge is 0.381 e. The van der Waals surface area contributed by atoms with Gasteiger partial charge in [0.2, 0.25) is 5.89 Å². The zero-order chi connectivity index (χ0) is 16.9. The molecule has 2 aromatic rings. The average molecular weight is 328 g/mol. The van der Waals surface area contributed by atoms with Crippen LogP contribution >= 0.6 is 0 Å². The highest BCUT2D eigenvalue weighted by Crippen LogP contribution is 2.32. The summed E-state index contributed by atoms with van der Waals surface area (Å²) in [5.41, 5.74) is 0.281. The molecule has 3 rings (SSSR count). The Hall–Kier alpha value is -2.53. The predicted octanol–water partition coefficient (Wildman–Crippen LogP) is 2.43. The van der Waals surface area contributed by atoms with Gasteiger partial charge in [0.05, 0.1) is 12.4 Å². The summed E-state index contributed by atoms with van der Waals surface area (Å²) >= 11 is 0. The molecular formula is C16H20N6O2. The van der Waals surface area contributed by atoms with Crippen LogP contribution < -0.4 is 5.32 Å². The molecule has 8 nitrogen and oxygen atoms in total. The summed E-state index contributed by atoms with van der Waals surface area (Å²) in [7, 11) is 0. The van der Waals surface area contributed by atoms with E-state index in [1.54, 1.807) is 6.20 Å². The number of ether oxygens (including phenoxy) is 1. The lowest BCUT2D eigenvalue weighted by Crippen LogP contribution is -2.27. The van der Waals surface area contributed by atoms with Gasteiger partial charge >= 0.3 is 0 Å². The first-order valence-corrected chi connectivity index (χ1v) is 8.07. The number of nitrogens with one attached hydrogen (secondary N) is 1. The molecular weight excluding hydrogens is 308 g/mol. The van der Waals surface area contributed by atoms with E-state index in [1.807, 2.05) is 19.9 Å². The van der Waals surface area contributed by atoms with Crippen LogP contribution in [0.15, 0.2) is 16.9 Å². The number of aromatic nitrogens is 4. The number of nitrogens with zero attached hydrogens (tertiary/aromatic N) is 5. The van der Waals surface area contributed by atoms with E-state index in [0.717, 1.165) is 12.8 Å². The maximum absolute atomic E-state index is 8.83. The quantitative estimate of drug-likeness (QED) is 0.891. The second kappa shape index (κ2) is 7.36. The van der Waals surface area contributed by atoms with Crippen molar-refractivity contribution in [3.05, 3.63) is 29.8 Å². The molecule has 0 saturated carbocycles. The van der Waals surface area contributed by atoms with Gasteiger partial charge in [0.15, 0.2) is 11.5 Å².